The lowest BCUT2D eigenvalue weighted by Crippen LogP contribution is -2.47. The van der Waals surface area contributed by atoms with Crippen LogP contribution in [0.25, 0.3) is 0 Å². The number of ether oxygens (including phenoxy) is 1. The van der Waals surface area contributed by atoms with Crippen LogP contribution in [0.2, 0.25) is 0 Å². The quantitative estimate of drug-likeness (QED) is 0.494. The van der Waals surface area contributed by atoms with Gasteiger partial charge in [0.25, 0.3) is 0 Å². The lowest BCUT2D eigenvalue weighted by molar-refractivity contribution is -0.121. The molecule has 0 N–H and O–H groups in total. The topological polar surface area (TPSA) is 27.7 Å². The van der Waals surface area contributed by atoms with Crippen molar-refractivity contribution in [3.63, 3.8) is 0 Å². The molecule has 0 radical (unpaired) electrons. The van der Waals surface area contributed by atoms with E-state index in [-0.39, 0.29) is 18.3 Å². The van der Waals surface area contributed by atoms with Crippen LogP contribution < -0.4 is 4.18 Å². The lowest BCUT2D eigenvalue weighted by atomic mass is 9.83. The summed E-state index contributed by atoms with van der Waals surface area (Å²) in [6.07, 6.45) is 2.52. The van der Waals surface area contributed by atoms with Gasteiger partial charge in [0.1, 0.15) is 28.8 Å². The van der Waals surface area contributed by atoms with Crippen LogP contribution in [-0.2, 0) is 7.80 Å². The minimum Gasteiger partial charge on any atom is -0.421 e. The van der Waals surface area contributed by atoms with Crippen LogP contribution in [0.15, 0.2) is 41.8 Å². The van der Waals surface area contributed by atoms with Gasteiger partial charge in [-0.3, -0.25) is 0 Å². The zero-order chi connectivity index (χ0) is 15.2. The van der Waals surface area contributed by atoms with Crippen molar-refractivity contribution in [1.29, 1.82) is 0 Å². The fourth-order valence-electron chi connectivity index (χ4n) is 2.48. The third-order valence-electron chi connectivity index (χ3n) is 3.98. The fraction of sp³-hybridized carbons (Fsp3) is 0.500. The number of halogens is 1. The Kier molecular flexibility index (Phi) is 6.85. The number of hydrogen-bond donors (Lipinski definition) is 0. The van der Waals surface area contributed by atoms with E-state index in [0.717, 1.165) is 5.75 Å². The van der Waals surface area contributed by atoms with Crippen LogP contribution in [0.4, 0.5) is 0 Å². The zero-order valence-electron chi connectivity index (χ0n) is 12.4. The molecule has 2 rings (SSSR count). The second-order valence-electron chi connectivity index (χ2n) is 5.40. The molecule has 0 aromatic heterocycles. The first-order chi connectivity index (χ1) is 10.1. The van der Waals surface area contributed by atoms with Crippen LogP contribution in [0.3, 0.4) is 0 Å². The summed E-state index contributed by atoms with van der Waals surface area (Å²) in [5, 5.41) is 1.95. The van der Waals surface area contributed by atoms with Crippen LogP contribution in [-0.4, -0.2) is 18.3 Å². The van der Waals surface area contributed by atoms with Crippen molar-refractivity contribution < 1.29 is 12.0 Å². The monoisotopic (exact) mass is 420 g/mol. The maximum atomic E-state index is 6.06. The third-order valence-corrected chi connectivity index (χ3v) is 5.13. The molecule has 0 saturated carbocycles. The zero-order valence-corrected chi connectivity index (χ0v) is 15.4. The Hall–Kier alpha value is -0.240. The molecule has 1 aliphatic heterocycles. The molecule has 1 saturated heterocycles. The maximum Gasteiger partial charge on any atom is 0.137 e. The Labute approximate surface area is 145 Å². The van der Waals surface area contributed by atoms with E-state index in [0.29, 0.717) is 11.8 Å². The van der Waals surface area contributed by atoms with Gasteiger partial charge in [0.2, 0.25) is 0 Å². The van der Waals surface area contributed by atoms with Gasteiger partial charge >= 0.3 is 0 Å². The van der Waals surface area contributed by atoms with Crippen molar-refractivity contribution in [2.24, 2.45) is 11.8 Å². The van der Waals surface area contributed by atoms with E-state index in [2.05, 4.69) is 26.8 Å². The summed E-state index contributed by atoms with van der Waals surface area (Å²) < 4.78 is 17.2. The van der Waals surface area contributed by atoms with E-state index in [4.69, 9.17) is 12.0 Å². The van der Waals surface area contributed by atoms with E-state index >= 15 is 0 Å². The van der Waals surface area contributed by atoms with E-state index < -0.39 is 0 Å². The second-order valence-corrected chi connectivity index (χ2v) is 6.54. The highest BCUT2D eigenvalue weighted by Gasteiger charge is 2.39. The van der Waals surface area contributed by atoms with Crippen LogP contribution in [0, 0.1) is 11.8 Å². The smallest absolute Gasteiger partial charge is 0.137 e. The van der Waals surface area contributed by atoms with E-state index in [9.17, 15) is 0 Å². The molecule has 116 valence electrons. The van der Waals surface area contributed by atoms with Crippen LogP contribution >= 0.6 is 35.0 Å². The Morgan fingerprint density at radius 1 is 1.14 bits per heavy atom. The molecule has 0 aliphatic carbocycles. The number of para-hydroxylation sites is 1. The molecule has 5 heteroatoms. The van der Waals surface area contributed by atoms with E-state index in [1.165, 1.54) is 12.0 Å². The second kappa shape index (κ2) is 8.41. The molecule has 1 aromatic carbocycles. The molecule has 0 bridgehead atoms. The normalized spacial score (nSPS) is 33.2. The highest BCUT2D eigenvalue weighted by molar-refractivity contribution is 14.1. The number of rotatable bonds is 5. The molecular weight excluding hydrogens is 399 g/mol. The van der Waals surface area contributed by atoms with Gasteiger partial charge in [-0.2, -0.15) is 0 Å². The van der Waals surface area contributed by atoms with Crippen molar-refractivity contribution in [3.05, 3.63) is 41.8 Å². The number of hydrogen-bond acceptors (Lipinski definition) is 4. The predicted molar refractivity (Wildman–Crippen MR) is 95.4 cm³/mol. The molecule has 1 heterocycles. The average molecular weight is 420 g/mol. The summed E-state index contributed by atoms with van der Waals surface area (Å²) in [4.78, 5) is 0. The lowest BCUT2D eigenvalue weighted by Gasteiger charge is -2.41. The van der Waals surface area contributed by atoms with Crippen molar-refractivity contribution in [1.82, 2.24) is 0 Å². The molecule has 5 atom stereocenters. The van der Waals surface area contributed by atoms with Gasteiger partial charge in [0.15, 0.2) is 0 Å². The SMILES string of the molecule is CC1OC(/C=C/SOc2ccccc2)C(C)C(OI)C1C. The first-order valence-electron chi connectivity index (χ1n) is 7.11. The van der Waals surface area contributed by atoms with Gasteiger partial charge in [0.05, 0.1) is 30.4 Å². The van der Waals surface area contributed by atoms with Gasteiger partial charge in [0, 0.05) is 17.2 Å². The molecule has 21 heavy (non-hydrogen) atoms. The molecule has 1 aromatic rings. The summed E-state index contributed by atoms with van der Waals surface area (Å²) in [6, 6.07) is 9.75. The van der Waals surface area contributed by atoms with Crippen molar-refractivity contribution in [3.8, 4) is 5.75 Å². The highest BCUT2D eigenvalue weighted by Crippen LogP contribution is 2.34. The molecule has 3 nitrogen and oxygen atoms in total. The first-order valence-corrected chi connectivity index (χ1v) is 8.80. The Balaban J connectivity index is 1.88. The molecule has 5 unspecified atom stereocenters. The van der Waals surface area contributed by atoms with Crippen LogP contribution in [0.5, 0.6) is 5.75 Å². The molecule has 1 fully saturated rings. The molecule has 0 amide bonds. The summed E-state index contributed by atoms with van der Waals surface area (Å²) >= 11 is 3.31. The van der Waals surface area contributed by atoms with E-state index in [1.54, 1.807) is 0 Å². The Morgan fingerprint density at radius 3 is 2.52 bits per heavy atom. The standard InChI is InChI=1S/C16H21IO3S/c1-11-13(3)18-15(12(2)16(11)19-17)9-10-21-20-14-7-5-4-6-8-14/h4-13,15-16H,1-3H3/b10-9+. The van der Waals surface area contributed by atoms with Crippen molar-refractivity contribution in [2.45, 2.75) is 39.1 Å². The van der Waals surface area contributed by atoms with Crippen molar-refractivity contribution in [2.75, 3.05) is 0 Å². The van der Waals surface area contributed by atoms with Gasteiger partial charge in [-0.1, -0.05) is 32.0 Å². The van der Waals surface area contributed by atoms with Crippen LogP contribution in [0.1, 0.15) is 20.8 Å². The predicted octanol–water partition coefficient (Wildman–Crippen LogP) is 5.02. The first kappa shape index (κ1) is 17.1. The third kappa shape index (κ3) is 4.61. The van der Waals surface area contributed by atoms with E-state index in [1.807, 2.05) is 58.7 Å². The largest absolute Gasteiger partial charge is 0.421 e. The van der Waals surface area contributed by atoms with Gasteiger partial charge in [-0.25, -0.2) is 0 Å². The highest BCUT2D eigenvalue weighted by atomic mass is 127. The molecular formula is C16H21IO3S. The summed E-state index contributed by atoms with van der Waals surface area (Å²) in [5.41, 5.74) is 0. The Morgan fingerprint density at radius 2 is 1.86 bits per heavy atom. The summed E-state index contributed by atoms with van der Waals surface area (Å²) in [7, 11) is 0. The van der Waals surface area contributed by atoms with Gasteiger partial charge < -0.3 is 12.0 Å². The van der Waals surface area contributed by atoms with Crippen molar-refractivity contribution >= 4 is 35.0 Å². The fourth-order valence-corrected chi connectivity index (χ4v) is 3.90. The Bertz CT molecular complexity index is 454. The van der Waals surface area contributed by atoms with Gasteiger partial charge in [-0.05, 0) is 25.1 Å². The molecule has 1 aliphatic rings. The molecule has 0 spiro atoms. The number of benzene rings is 1. The van der Waals surface area contributed by atoms with Gasteiger partial charge in [-0.15, -0.1) is 0 Å². The summed E-state index contributed by atoms with van der Waals surface area (Å²) in [6.45, 7) is 6.45. The maximum absolute atomic E-state index is 6.06. The minimum absolute atomic E-state index is 0.0582. The minimum atomic E-state index is 0.0582. The average Bonchev–Trinajstić information content (AvgIpc) is 2.50. The summed E-state index contributed by atoms with van der Waals surface area (Å²) in [5.74, 6) is 1.57.